The largest absolute Gasteiger partial charge is 0.274 e. The second kappa shape index (κ2) is 5.42. The fourth-order valence-corrected chi connectivity index (χ4v) is 4.19. The highest BCUT2D eigenvalue weighted by molar-refractivity contribution is 8.02. The van der Waals surface area contributed by atoms with Crippen LogP contribution in [0.3, 0.4) is 0 Å². The third kappa shape index (κ3) is 2.51. The summed E-state index contributed by atoms with van der Waals surface area (Å²) in [6, 6.07) is 11.4. The maximum Gasteiger partial charge on any atom is 0.247 e. The van der Waals surface area contributed by atoms with E-state index in [2.05, 4.69) is 0 Å². The van der Waals surface area contributed by atoms with Crippen LogP contribution in [0.15, 0.2) is 46.0 Å². The molecule has 0 N–H and O–H groups in total. The van der Waals surface area contributed by atoms with Crippen molar-refractivity contribution in [2.24, 2.45) is 0 Å². The first-order valence-corrected chi connectivity index (χ1v) is 8.05. The Bertz CT molecular complexity index is 634. The Morgan fingerprint density at radius 1 is 1.20 bits per heavy atom. The minimum absolute atomic E-state index is 0.114. The number of anilines is 1. The Hall–Kier alpha value is -1.59. The van der Waals surface area contributed by atoms with E-state index in [0.717, 1.165) is 9.77 Å². The van der Waals surface area contributed by atoms with E-state index >= 15 is 0 Å². The van der Waals surface area contributed by atoms with Crippen LogP contribution in [0, 0.1) is 6.92 Å². The van der Waals surface area contributed by atoms with Crippen molar-refractivity contribution < 1.29 is 9.59 Å². The molecule has 2 heterocycles. The SMILES string of the molecule is Cc1ccc(N2C(=O)C[C@H](Sc3cccs3)C2=O)cc1. The van der Waals surface area contributed by atoms with Crippen LogP contribution < -0.4 is 4.90 Å². The molecule has 1 aromatic carbocycles. The predicted octanol–water partition coefficient (Wildman–Crippen LogP) is 3.48. The van der Waals surface area contributed by atoms with E-state index in [4.69, 9.17) is 0 Å². The average Bonchev–Trinajstić information content (AvgIpc) is 3.02. The van der Waals surface area contributed by atoms with Gasteiger partial charge in [0.05, 0.1) is 15.1 Å². The van der Waals surface area contributed by atoms with Crippen LogP contribution in [-0.2, 0) is 9.59 Å². The number of thiophene rings is 1. The van der Waals surface area contributed by atoms with Crippen LogP contribution in [0.5, 0.6) is 0 Å². The number of hydrogen-bond acceptors (Lipinski definition) is 4. The van der Waals surface area contributed by atoms with Gasteiger partial charge in [-0.2, -0.15) is 0 Å². The van der Waals surface area contributed by atoms with Gasteiger partial charge in [0.15, 0.2) is 0 Å². The number of carbonyl (C=O) groups excluding carboxylic acids is 2. The highest BCUT2D eigenvalue weighted by Crippen LogP contribution is 2.35. The summed E-state index contributed by atoms with van der Waals surface area (Å²) in [5.74, 6) is -0.231. The molecule has 0 spiro atoms. The minimum Gasteiger partial charge on any atom is -0.274 e. The van der Waals surface area contributed by atoms with Gasteiger partial charge in [-0.05, 0) is 30.5 Å². The van der Waals surface area contributed by atoms with Crippen molar-refractivity contribution >= 4 is 40.6 Å². The molecule has 1 aromatic heterocycles. The first-order chi connectivity index (χ1) is 9.65. The lowest BCUT2D eigenvalue weighted by Gasteiger charge is -2.14. The van der Waals surface area contributed by atoms with E-state index in [9.17, 15) is 9.59 Å². The zero-order valence-corrected chi connectivity index (χ0v) is 12.5. The lowest BCUT2D eigenvalue weighted by Crippen LogP contribution is -2.31. The molecule has 1 aliphatic heterocycles. The van der Waals surface area contributed by atoms with Gasteiger partial charge in [-0.15, -0.1) is 23.1 Å². The smallest absolute Gasteiger partial charge is 0.247 e. The van der Waals surface area contributed by atoms with Crippen molar-refractivity contribution in [2.45, 2.75) is 22.8 Å². The van der Waals surface area contributed by atoms with Crippen molar-refractivity contribution in [2.75, 3.05) is 4.90 Å². The van der Waals surface area contributed by atoms with Crippen LogP contribution in [0.25, 0.3) is 0 Å². The topological polar surface area (TPSA) is 37.4 Å². The second-order valence-corrected chi connectivity index (χ2v) is 7.10. The summed E-state index contributed by atoms with van der Waals surface area (Å²) in [7, 11) is 0. The molecule has 1 atom stereocenters. The summed E-state index contributed by atoms with van der Waals surface area (Å²) in [5, 5.41) is 1.67. The molecule has 1 fully saturated rings. The predicted molar refractivity (Wildman–Crippen MR) is 82.3 cm³/mol. The Morgan fingerprint density at radius 3 is 2.60 bits per heavy atom. The van der Waals surface area contributed by atoms with Crippen molar-refractivity contribution in [3.63, 3.8) is 0 Å². The van der Waals surface area contributed by atoms with E-state index in [1.165, 1.54) is 16.7 Å². The van der Waals surface area contributed by atoms with Gasteiger partial charge < -0.3 is 0 Å². The maximum absolute atomic E-state index is 12.4. The maximum atomic E-state index is 12.4. The molecule has 1 aliphatic rings. The fourth-order valence-electron chi connectivity index (χ4n) is 2.13. The molecule has 0 aliphatic carbocycles. The van der Waals surface area contributed by atoms with E-state index in [1.807, 2.05) is 48.7 Å². The number of rotatable bonds is 3. The molecule has 0 radical (unpaired) electrons. The van der Waals surface area contributed by atoms with Crippen LogP contribution in [-0.4, -0.2) is 17.1 Å². The second-order valence-electron chi connectivity index (χ2n) is 4.65. The van der Waals surface area contributed by atoms with Crippen LogP contribution >= 0.6 is 23.1 Å². The number of benzene rings is 1. The van der Waals surface area contributed by atoms with Gasteiger partial charge in [0.1, 0.15) is 0 Å². The van der Waals surface area contributed by atoms with Crippen molar-refractivity contribution in [3.8, 4) is 0 Å². The molecule has 0 saturated carbocycles. The van der Waals surface area contributed by atoms with Crippen molar-refractivity contribution in [1.29, 1.82) is 0 Å². The van der Waals surface area contributed by atoms with Crippen LogP contribution in [0.4, 0.5) is 5.69 Å². The quantitative estimate of drug-likeness (QED) is 0.815. The zero-order valence-electron chi connectivity index (χ0n) is 10.9. The molecular formula is C15H13NO2S2. The molecule has 2 amide bonds. The molecule has 0 unspecified atom stereocenters. The lowest BCUT2D eigenvalue weighted by atomic mass is 10.2. The monoisotopic (exact) mass is 303 g/mol. The molecule has 20 heavy (non-hydrogen) atoms. The van der Waals surface area contributed by atoms with Crippen LogP contribution in [0.2, 0.25) is 0 Å². The van der Waals surface area contributed by atoms with Gasteiger partial charge in [0.25, 0.3) is 0 Å². The highest BCUT2D eigenvalue weighted by atomic mass is 32.2. The molecular weight excluding hydrogens is 290 g/mol. The number of carbonyl (C=O) groups is 2. The molecule has 102 valence electrons. The molecule has 3 nitrogen and oxygen atoms in total. The summed E-state index contributed by atoms with van der Waals surface area (Å²) in [4.78, 5) is 25.8. The number of nitrogens with zero attached hydrogens (tertiary/aromatic N) is 1. The molecule has 3 rings (SSSR count). The van der Waals surface area contributed by atoms with Gasteiger partial charge in [-0.3, -0.25) is 9.59 Å². The highest BCUT2D eigenvalue weighted by Gasteiger charge is 2.40. The van der Waals surface area contributed by atoms with Gasteiger partial charge in [0.2, 0.25) is 11.8 Å². The van der Waals surface area contributed by atoms with E-state index in [0.29, 0.717) is 5.69 Å². The van der Waals surface area contributed by atoms with Crippen LogP contribution in [0.1, 0.15) is 12.0 Å². The van der Waals surface area contributed by atoms with E-state index in [1.54, 1.807) is 11.3 Å². The van der Waals surface area contributed by atoms with Gasteiger partial charge in [-0.1, -0.05) is 23.8 Å². The number of thioether (sulfide) groups is 1. The summed E-state index contributed by atoms with van der Waals surface area (Å²) >= 11 is 3.07. The first-order valence-electron chi connectivity index (χ1n) is 6.29. The minimum atomic E-state index is -0.303. The summed E-state index contributed by atoms with van der Waals surface area (Å²) in [5.41, 5.74) is 1.78. The van der Waals surface area contributed by atoms with Gasteiger partial charge in [0, 0.05) is 6.42 Å². The Kier molecular flexibility index (Phi) is 3.63. The Morgan fingerprint density at radius 2 is 1.95 bits per heavy atom. The van der Waals surface area contributed by atoms with E-state index < -0.39 is 0 Å². The fraction of sp³-hybridized carbons (Fsp3) is 0.200. The van der Waals surface area contributed by atoms with E-state index in [-0.39, 0.29) is 23.5 Å². The number of imide groups is 1. The number of amides is 2. The standard InChI is InChI=1S/C15H13NO2S2/c1-10-4-6-11(7-5-10)16-13(17)9-12(15(16)18)20-14-3-2-8-19-14/h2-8,12H,9H2,1H3/t12-/m0/s1. The zero-order chi connectivity index (χ0) is 14.1. The third-order valence-electron chi connectivity index (χ3n) is 3.15. The Balaban J connectivity index is 1.81. The Labute approximate surface area is 125 Å². The molecule has 5 heteroatoms. The number of hydrogen-bond donors (Lipinski definition) is 0. The first kappa shape index (κ1) is 13.4. The molecule has 1 saturated heterocycles. The van der Waals surface area contributed by atoms with Crippen molar-refractivity contribution in [1.82, 2.24) is 0 Å². The summed E-state index contributed by atoms with van der Waals surface area (Å²) in [6.07, 6.45) is 0.273. The molecule has 2 aromatic rings. The van der Waals surface area contributed by atoms with Crippen molar-refractivity contribution in [3.05, 3.63) is 47.3 Å². The normalized spacial score (nSPS) is 18.9. The molecule has 0 bridgehead atoms. The van der Waals surface area contributed by atoms with Gasteiger partial charge in [-0.25, -0.2) is 4.90 Å². The van der Waals surface area contributed by atoms with Gasteiger partial charge >= 0.3 is 0 Å². The summed E-state index contributed by atoms with van der Waals surface area (Å²) < 4.78 is 1.07. The number of aryl methyl sites for hydroxylation is 1. The summed E-state index contributed by atoms with van der Waals surface area (Å²) in [6.45, 7) is 1.98. The average molecular weight is 303 g/mol. The lowest BCUT2D eigenvalue weighted by molar-refractivity contribution is -0.121. The third-order valence-corrected chi connectivity index (χ3v) is 5.41.